The van der Waals surface area contributed by atoms with Gasteiger partial charge in [-0.25, -0.2) is 10.4 Å². The number of nitrogens with one attached hydrogen (secondary N) is 2. The quantitative estimate of drug-likeness (QED) is 0.222. The summed E-state index contributed by atoms with van der Waals surface area (Å²) in [4.78, 5) is 16.4. The molecule has 2 aromatic heterocycles. The number of furan rings is 1. The minimum absolute atomic E-state index is 0.0493. The van der Waals surface area contributed by atoms with Gasteiger partial charge in [-0.1, -0.05) is 17.7 Å². The molecule has 34 heavy (non-hydrogen) atoms. The summed E-state index contributed by atoms with van der Waals surface area (Å²) >= 11 is 7.06. The van der Waals surface area contributed by atoms with E-state index in [0.29, 0.717) is 27.4 Å². The minimum Gasteiger partial charge on any atom is -0.455 e. The number of amides is 1. The zero-order valence-electron chi connectivity index (χ0n) is 17.3. The van der Waals surface area contributed by atoms with Crippen LogP contribution in [0.4, 0.5) is 24.0 Å². The van der Waals surface area contributed by atoms with Crippen LogP contribution in [0, 0.1) is 0 Å². The molecule has 0 saturated carbocycles. The molecule has 0 aliphatic rings. The van der Waals surface area contributed by atoms with Crippen LogP contribution < -0.4 is 10.7 Å². The topological polar surface area (TPSA) is 79.5 Å². The van der Waals surface area contributed by atoms with E-state index in [0.717, 1.165) is 17.7 Å². The summed E-state index contributed by atoms with van der Waals surface area (Å²) in [5.41, 5.74) is 3.19. The monoisotopic (exact) mass is 504 g/mol. The first-order valence-electron chi connectivity index (χ1n) is 9.83. The molecule has 2 aromatic carbocycles. The van der Waals surface area contributed by atoms with Crippen molar-refractivity contribution in [2.45, 2.75) is 12.6 Å². The molecule has 1 amide bonds. The Balaban J connectivity index is 1.30. The summed E-state index contributed by atoms with van der Waals surface area (Å²) in [6.07, 6.45) is -3.11. The summed E-state index contributed by atoms with van der Waals surface area (Å²) in [6, 6.07) is 15.5. The molecule has 0 spiro atoms. The van der Waals surface area contributed by atoms with Gasteiger partial charge in [0.15, 0.2) is 5.13 Å². The lowest BCUT2D eigenvalue weighted by Gasteiger charge is -2.08. The van der Waals surface area contributed by atoms with Crippen LogP contribution in [0.2, 0.25) is 5.02 Å². The molecule has 4 aromatic rings. The highest BCUT2D eigenvalue weighted by molar-refractivity contribution is 7.13. The zero-order valence-corrected chi connectivity index (χ0v) is 18.8. The number of hydrogen-bond donors (Lipinski definition) is 2. The molecule has 0 saturated heterocycles. The number of halogens is 4. The zero-order chi connectivity index (χ0) is 24.1. The first-order chi connectivity index (χ1) is 16.3. The predicted octanol–water partition coefficient (Wildman–Crippen LogP) is 6.51. The minimum atomic E-state index is -4.43. The van der Waals surface area contributed by atoms with E-state index in [1.165, 1.54) is 29.7 Å². The van der Waals surface area contributed by atoms with E-state index in [1.807, 2.05) is 12.1 Å². The number of anilines is 2. The smallest absolute Gasteiger partial charge is 0.416 e. The van der Waals surface area contributed by atoms with E-state index in [2.05, 4.69) is 20.8 Å². The summed E-state index contributed by atoms with van der Waals surface area (Å²) in [5.74, 6) is 0.677. The first kappa shape index (κ1) is 23.5. The van der Waals surface area contributed by atoms with Crippen molar-refractivity contribution in [3.05, 3.63) is 88.1 Å². The SMILES string of the molecule is O=C(Cc1csc(Nc2cccc(C(F)(F)F)c2)n1)N/N=C\c1ccc(-c2ccc(Cl)cc2)o1. The van der Waals surface area contributed by atoms with Crippen LogP contribution >= 0.6 is 22.9 Å². The maximum Gasteiger partial charge on any atom is 0.416 e. The van der Waals surface area contributed by atoms with Crippen molar-refractivity contribution in [1.29, 1.82) is 0 Å². The second-order valence-electron chi connectivity index (χ2n) is 7.03. The highest BCUT2D eigenvalue weighted by atomic mass is 35.5. The van der Waals surface area contributed by atoms with Gasteiger partial charge >= 0.3 is 6.18 Å². The third-order valence-electron chi connectivity index (χ3n) is 4.47. The number of nitrogens with zero attached hydrogens (tertiary/aromatic N) is 2. The maximum atomic E-state index is 12.8. The van der Waals surface area contributed by atoms with Gasteiger partial charge in [-0.05, 0) is 54.6 Å². The maximum absolute atomic E-state index is 12.8. The summed E-state index contributed by atoms with van der Waals surface area (Å²) < 4.78 is 44.2. The molecule has 11 heteroatoms. The van der Waals surface area contributed by atoms with E-state index in [1.54, 1.807) is 29.6 Å². The number of alkyl halides is 3. The molecule has 0 bridgehead atoms. The van der Waals surface area contributed by atoms with Gasteiger partial charge in [0, 0.05) is 21.7 Å². The molecule has 6 nitrogen and oxygen atoms in total. The lowest BCUT2D eigenvalue weighted by Crippen LogP contribution is -2.19. The van der Waals surface area contributed by atoms with Crippen LogP contribution in [0.15, 0.2) is 75.6 Å². The molecule has 0 radical (unpaired) electrons. The van der Waals surface area contributed by atoms with Gasteiger partial charge in [0.1, 0.15) is 11.5 Å². The number of thiazole rings is 1. The van der Waals surface area contributed by atoms with Crippen molar-refractivity contribution in [1.82, 2.24) is 10.4 Å². The molecule has 2 heterocycles. The highest BCUT2D eigenvalue weighted by Gasteiger charge is 2.30. The van der Waals surface area contributed by atoms with E-state index < -0.39 is 17.6 Å². The van der Waals surface area contributed by atoms with Crippen molar-refractivity contribution >= 4 is 45.9 Å². The summed E-state index contributed by atoms with van der Waals surface area (Å²) in [7, 11) is 0. The molecule has 0 aliphatic carbocycles. The standard InChI is InChI=1S/C23H16ClF3N4O2S/c24-16-6-4-14(5-7-16)20-9-8-19(33-20)12-28-31-21(32)11-18-13-34-22(30-18)29-17-3-1-2-15(10-17)23(25,26)27/h1-10,12-13H,11H2,(H,29,30)(H,31,32)/b28-12-. The number of benzene rings is 2. The molecule has 174 valence electrons. The summed E-state index contributed by atoms with van der Waals surface area (Å²) in [5, 5.41) is 9.34. The molecular formula is C23H16ClF3N4O2S. The molecule has 0 aliphatic heterocycles. The average molecular weight is 505 g/mol. The molecule has 4 rings (SSSR count). The number of hydrazone groups is 1. The third kappa shape index (κ3) is 6.24. The fraction of sp³-hybridized carbons (Fsp3) is 0.0870. The van der Waals surface area contributed by atoms with Crippen molar-refractivity contribution in [2.75, 3.05) is 5.32 Å². The van der Waals surface area contributed by atoms with Crippen LogP contribution in [0.1, 0.15) is 17.0 Å². The number of hydrogen-bond acceptors (Lipinski definition) is 6. The van der Waals surface area contributed by atoms with Crippen molar-refractivity contribution < 1.29 is 22.4 Å². The van der Waals surface area contributed by atoms with Gasteiger partial charge in [-0.2, -0.15) is 18.3 Å². The molecule has 0 unspecified atom stereocenters. The van der Waals surface area contributed by atoms with Crippen LogP contribution in [0.5, 0.6) is 0 Å². The number of aromatic nitrogens is 1. The van der Waals surface area contributed by atoms with E-state index in [9.17, 15) is 18.0 Å². The van der Waals surface area contributed by atoms with Gasteiger partial charge < -0.3 is 9.73 Å². The molecule has 2 N–H and O–H groups in total. The third-order valence-corrected chi connectivity index (χ3v) is 5.53. The fourth-order valence-corrected chi connectivity index (χ4v) is 3.76. The Morgan fingerprint density at radius 2 is 1.94 bits per heavy atom. The highest BCUT2D eigenvalue weighted by Crippen LogP contribution is 2.32. The van der Waals surface area contributed by atoms with Gasteiger partial charge in [0.05, 0.1) is 23.9 Å². The van der Waals surface area contributed by atoms with Gasteiger partial charge in [-0.3, -0.25) is 4.79 Å². The van der Waals surface area contributed by atoms with E-state index in [-0.39, 0.29) is 12.1 Å². The van der Waals surface area contributed by atoms with Gasteiger partial charge in [0.2, 0.25) is 5.91 Å². The van der Waals surface area contributed by atoms with Crippen LogP contribution in [0.25, 0.3) is 11.3 Å². The number of rotatable bonds is 7. The Labute approximate surface area is 201 Å². The Bertz CT molecular complexity index is 1320. The van der Waals surface area contributed by atoms with Gasteiger partial charge in [0.25, 0.3) is 0 Å². The number of carbonyl (C=O) groups is 1. The summed E-state index contributed by atoms with van der Waals surface area (Å²) in [6.45, 7) is 0. The van der Waals surface area contributed by atoms with Crippen molar-refractivity contribution in [2.24, 2.45) is 5.10 Å². The average Bonchev–Trinajstić information content (AvgIpc) is 3.44. The van der Waals surface area contributed by atoms with Gasteiger partial charge in [-0.15, -0.1) is 11.3 Å². The van der Waals surface area contributed by atoms with E-state index in [4.69, 9.17) is 16.0 Å². The Kier molecular flexibility index (Phi) is 6.99. The Morgan fingerprint density at radius 1 is 1.15 bits per heavy atom. The molecular weight excluding hydrogens is 489 g/mol. The van der Waals surface area contributed by atoms with Crippen molar-refractivity contribution in [3.63, 3.8) is 0 Å². The fourth-order valence-electron chi connectivity index (χ4n) is 2.91. The van der Waals surface area contributed by atoms with Crippen LogP contribution in [-0.2, 0) is 17.4 Å². The second-order valence-corrected chi connectivity index (χ2v) is 8.32. The van der Waals surface area contributed by atoms with E-state index >= 15 is 0 Å². The predicted molar refractivity (Wildman–Crippen MR) is 125 cm³/mol. The Hall–Kier alpha value is -3.63. The van der Waals surface area contributed by atoms with Crippen LogP contribution in [0.3, 0.4) is 0 Å². The van der Waals surface area contributed by atoms with Crippen LogP contribution in [-0.4, -0.2) is 17.1 Å². The number of carbonyl (C=O) groups excluding carboxylic acids is 1. The lowest BCUT2D eigenvalue weighted by atomic mass is 10.2. The molecule has 0 atom stereocenters. The first-order valence-corrected chi connectivity index (χ1v) is 11.1. The normalized spacial score (nSPS) is 11.6. The van der Waals surface area contributed by atoms with Crippen molar-refractivity contribution in [3.8, 4) is 11.3 Å². The largest absolute Gasteiger partial charge is 0.455 e. The lowest BCUT2D eigenvalue weighted by molar-refractivity contribution is -0.137. The second kappa shape index (κ2) is 10.1. The molecule has 0 fully saturated rings. The Morgan fingerprint density at radius 3 is 2.71 bits per heavy atom.